The van der Waals surface area contributed by atoms with Gasteiger partial charge in [-0.15, -0.1) is 11.3 Å². The van der Waals surface area contributed by atoms with Crippen LogP contribution in [0.15, 0.2) is 16.7 Å². The molecule has 2 aliphatic rings. The molecular formula is C20H28F2N2O2S. The summed E-state index contributed by atoms with van der Waals surface area (Å²) in [4.78, 5) is 4.32. The van der Waals surface area contributed by atoms with Gasteiger partial charge in [0.2, 0.25) is 6.43 Å². The van der Waals surface area contributed by atoms with E-state index in [-0.39, 0.29) is 12.0 Å². The van der Waals surface area contributed by atoms with E-state index in [1.54, 1.807) is 0 Å². The summed E-state index contributed by atoms with van der Waals surface area (Å²) in [5.41, 5.74) is 1.89. The number of hydrogen-bond donors (Lipinski definition) is 0. The SMILES string of the molecule is CC.Cc1cc(CN2CCC3(CC2)OCCc2cc(CC(F)F)sc23)no1. The Labute approximate surface area is 163 Å². The van der Waals surface area contributed by atoms with Gasteiger partial charge in [-0.1, -0.05) is 19.0 Å². The van der Waals surface area contributed by atoms with Crippen LogP contribution in [0.2, 0.25) is 0 Å². The molecule has 0 aliphatic carbocycles. The Hall–Kier alpha value is -1.31. The van der Waals surface area contributed by atoms with E-state index < -0.39 is 6.43 Å². The Morgan fingerprint density at radius 2 is 2.00 bits per heavy atom. The van der Waals surface area contributed by atoms with E-state index >= 15 is 0 Å². The second-order valence-corrected chi connectivity index (χ2v) is 8.10. The number of likely N-dealkylation sites (tertiary alicyclic amines) is 1. The molecule has 2 aromatic rings. The van der Waals surface area contributed by atoms with E-state index in [0.717, 1.165) is 55.2 Å². The Morgan fingerprint density at radius 1 is 1.26 bits per heavy atom. The van der Waals surface area contributed by atoms with Crippen LogP contribution in [0.5, 0.6) is 0 Å². The highest BCUT2D eigenvalue weighted by Crippen LogP contribution is 2.45. The van der Waals surface area contributed by atoms with Crippen LogP contribution in [0.1, 0.15) is 53.5 Å². The zero-order chi connectivity index (χ0) is 19.4. The summed E-state index contributed by atoms with van der Waals surface area (Å²) < 4.78 is 36.8. The van der Waals surface area contributed by atoms with Gasteiger partial charge < -0.3 is 9.26 Å². The lowest BCUT2D eigenvalue weighted by Crippen LogP contribution is -2.45. The van der Waals surface area contributed by atoms with E-state index in [9.17, 15) is 8.78 Å². The molecule has 0 saturated carbocycles. The van der Waals surface area contributed by atoms with Crippen LogP contribution in [0.3, 0.4) is 0 Å². The molecule has 0 N–H and O–H groups in total. The number of alkyl halides is 2. The van der Waals surface area contributed by atoms with Gasteiger partial charge >= 0.3 is 0 Å². The lowest BCUT2D eigenvalue weighted by Gasteiger charge is -2.43. The Bertz CT molecular complexity index is 736. The van der Waals surface area contributed by atoms with Gasteiger partial charge in [0, 0.05) is 41.9 Å². The minimum atomic E-state index is -2.29. The van der Waals surface area contributed by atoms with Crippen molar-refractivity contribution in [1.29, 1.82) is 0 Å². The summed E-state index contributed by atoms with van der Waals surface area (Å²) >= 11 is 1.53. The number of nitrogens with zero attached hydrogens (tertiary/aromatic N) is 2. The normalized spacial score (nSPS) is 19.0. The number of piperidine rings is 1. The minimum absolute atomic E-state index is 0.147. The smallest absolute Gasteiger partial charge is 0.243 e. The fourth-order valence-electron chi connectivity index (χ4n) is 3.90. The Balaban J connectivity index is 0.00000102. The molecule has 4 heterocycles. The number of ether oxygens (including phenoxy) is 1. The van der Waals surface area contributed by atoms with Gasteiger partial charge in [-0.2, -0.15) is 0 Å². The van der Waals surface area contributed by atoms with E-state index in [2.05, 4.69) is 10.1 Å². The molecule has 1 spiro atoms. The molecule has 0 radical (unpaired) electrons. The first kappa shape index (κ1) is 20.4. The van der Waals surface area contributed by atoms with Crippen molar-refractivity contribution >= 4 is 11.3 Å². The first-order valence-corrected chi connectivity index (χ1v) is 10.5. The van der Waals surface area contributed by atoms with Crippen LogP contribution in [0.25, 0.3) is 0 Å². The minimum Gasteiger partial charge on any atom is -0.369 e. The molecule has 1 saturated heterocycles. The lowest BCUT2D eigenvalue weighted by molar-refractivity contribution is -0.0962. The second-order valence-electron chi connectivity index (χ2n) is 6.96. The first-order chi connectivity index (χ1) is 13.0. The van der Waals surface area contributed by atoms with E-state index in [1.165, 1.54) is 21.8 Å². The largest absolute Gasteiger partial charge is 0.369 e. The number of aromatic nitrogens is 1. The van der Waals surface area contributed by atoms with Crippen molar-refractivity contribution in [2.24, 2.45) is 0 Å². The van der Waals surface area contributed by atoms with Crippen LogP contribution in [-0.2, 0) is 29.7 Å². The first-order valence-electron chi connectivity index (χ1n) is 9.73. The van der Waals surface area contributed by atoms with Crippen LogP contribution >= 0.6 is 11.3 Å². The molecule has 4 nitrogen and oxygen atoms in total. The molecule has 0 unspecified atom stereocenters. The van der Waals surface area contributed by atoms with Gasteiger partial charge in [0.25, 0.3) is 0 Å². The molecule has 7 heteroatoms. The molecule has 1 fully saturated rings. The average molecular weight is 399 g/mol. The highest BCUT2D eigenvalue weighted by molar-refractivity contribution is 7.12. The number of halogens is 2. The van der Waals surface area contributed by atoms with Crippen molar-refractivity contribution in [3.8, 4) is 0 Å². The molecule has 27 heavy (non-hydrogen) atoms. The topological polar surface area (TPSA) is 38.5 Å². The van der Waals surface area contributed by atoms with Crippen LogP contribution in [-0.4, -0.2) is 36.2 Å². The van der Waals surface area contributed by atoms with Crippen molar-refractivity contribution in [3.63, 3.8) is 0 Å². The number of aryl methyl sites for hydroxylation is 1. The quantitative estimate of drug-likeness (QED) is 0.731. The van der Waals surface area contributed by atoms with E-state index in [1.807, 2.05) is 32.9 Å². The highest BCUT2D eigenvalue weighted by Gasteiger charge is 2.42. The molecule has 4 rings (SSSR count). The van der Waals surface area contributed by atoms with Gasteiger partial charge in [-0.3, -0.25) is 4.90 Å². The van der Waals surface area contributed by atoms with Crippen molar-refractivity contribution in [2.45, 2.75) is 65.0 Å². The van der Waals surface area contributed by atoms with Crippen molar-refractivity contribution in [2.75, 3.05) is 19.7 Å². The maximum absolute atomic E-state index is 12.7. The monoisotopic (exact) mass is 398 g/mol. The zero-order valence-corrected chi connectivity index (χ0v) is 17.1. The van der Waals surface area contributed by atoms with Crippen LogP contribution in [0, 0.1) is 6.92 Å². The lowest BCUT2D eigenvalue weighted by atomic mass is 9.85. The summed E-state index contributed by atoms with van der Waals surface area (Å²) in [7, 11) is 0. The van der Waals surface area contributed by atoms with Crippen molar-refractivity contribution in [1.82, 2.24) is 10.1 Å². The summed E-state index contributed by atoms with van der Waals surface area (Å²) in [6.07, 6.45) is 0.186. The molecule has 2 aromatic heterocycles. The number of hydrogen-bond acceptors (Lipinski definition) is 5. The van der Waals surface area contributed by atoms with Crippen LogP contribution in [0.4, 0.5) is 8.78 Å². The van der Waals surface area contributed by atoms with E-state index in [0.29, 0.717) is 6.61 Å². The summed E-state index contributed by atoms with van der Waals surface area (Å²) in [6, 6.07) is 3.94. The van der Waals surface area contributed by atoms with Gasteiger partial charge in [0.05, 0.1) is 12.3 Å². The number of rotatable bonds is 4. The third-order valence-corrected chi connectivity index (χ3v) is 6.49. The summed E-state index contributed by atoms with van der Waals surface area (Å²) in [5.74, 6) is 0.828. The third kappa shape index (κ3) is 4.58. The van der Waals surface area contributed by atoms with Crippen molar-refractivity contribution in [3.05, 3.63) is 38.9 Å². The Morgan fingerprint density at radius 3 is 2.63 bits per heavy atom. The second kappa shape index (κ2) is 8.80. The highest BCUT2D eigenvalue weighted by atomic mass is 32.1. The molecule has 0 amide bonds. The number of thiophene rings is 1. The fraction of sp³-hybridized carbons (Fsp3) is 0.650. The third-order valence-electron chi connectivity index (χ3n) is 5.11. The van der Waals surface area contributed by atoms with Crippen LogP contribution < -0.4 is 0 Å². The average Bonchev–Trinajstić information content (AvgIpc) is 3.25. The molecular weight excluding hydrogens is 370 g/mol. The fourth-order valence-corrected chi connectivity index (χ4v) is 5.31. The van der Waals surface area contributed by atoms with Gasteiger partial charge in [0.1, 0.15) is 11.4 Å². The summed E-state index contributed by atoms with van der Waals surface area (Å²) in [6.45, 7) is 9.18. The molecule has 0 aromatic carbocycles. The maximum atomic E-state index is 12.7. The zero-order valence-electron chi connectivity index (χ0n) is 16.3. The van der Waals surface area contributed by atoms with Crippen molar-refractivity contribution < 1.29 is 18.0 Å². The molecule has 0 bridgehead atoms. The van der Waals surface area contributed by atoms with Gasteiger partial charge in [-0.25, -0.2) is 8.78 Å². The molecule has 150 valence electrons. The van der Waals surface area contributed by atoms with Gasteiger partial charge in [-0.05, 0) is 37.8 Å². The van der Waals surface area contributed by atoms with E-state index in [4.69, 9.17) is 9.26 Å². The molecule has 0 atom stereocenters. The summed E-state index contributed by atoms with van der Waals surface area (Å²) in [5, 5.41) is 4.06. The number of fused-ring (bicyclic) bond motifs is 2. The van der Waals surface area contributed by atoms with Gasteiger partial charge in [0.15, 0.2) is 0 Å². The molecule has 2 aliphatic heterocycles. The Kier molecular flexibility index (Phi) is 6.65. The maximum Gasteiger partial charge on any atom is 0.243 e. The standard InChI is InChI=1S/C18H22F2N2O2S.C2H6/c1-12-8-14(21-24-12)11-22-5-3-18(4-6-22)17-13(2-7-23-18)9-15(25-17)10-16(19)20;1-2/h8-9,16H,2-7,10-11H2,1H3;1-2H3. The predicted molar refractivity (Wildman–Crippen MR) is 102 cm³/mol. The predicted octanol–water partition coefficient (Wildman–Crippen LogP) is 4.94.